The van der Waals surface area contributed by atoms with E-state index >= 15 is 0 Å². The van der Waals surface area contributed by atoms with Crippen molar-refractivity contribution in [2.45, 2.75) is 12.8 Å². The summed E-state index contributed by atoms with van der Waals surface area (Å²) in [6.45, 7) is 6.36. The molecule has 12 heteroatoms. The third kappa shape index (κ3) is 13.5. The van der Waals surface area contributed by atoms with Crippen LogP contribution in [0.3, 0.4) is 0 Å². The molecule has 0 bridgehead atoms. The van der Waals surface area contributed by atoms with Crippen molar-refractivity contribution in [3.8, 4) is 0 Å². The van der Waals surface area contributed by atoms with Gasteiger partial charge in [0.1, 0.15) is 0 Å². The van der Waals surface area contributed by atoms with E-state index in [9.17, 15) is 9.59 Å². The number of halogens is 4. The maximum Gasteiger partial charge on any atom is 0.205 e. The molecule has 37 heavy (non-hydrogen) atoms. The Morgan fingerprint density at radius 1 is 0.757 bits per heavy atom. The van der Waals surface area contributed by atoms with Crippen LogP contribution in [0.25, 0.3) is 0 Å². The minimum absolute atomic E-state index is 0. The zero-order valence-corrected chi connectivity index (χ0v) is 24.5. The Balaban J connectivity index is 0.000000855. The quantitative estimate of drug-likeness (QED) is 0.210. The summed E-state index contributed by atoms with van der Waals surface area (Å²) in [6.07, 6.45) is 11.2. The van der Waals surface area contributed by atoms with Crippen molar-refractivity contribution in [1.82, 2.24) is 15.5 Å². The Bertz CT molecular complexity index is 891. The van der Waals surface area contributed by atoms with E-state index in [1.54, 1.807) is 24.6 Å². The first kappa shape index (κ1) is 33.9. The van der Waals surface area contributed by atoms with Gasteiger partial charge in [-0.3, -0.25) is 9.59 Å². The van der Waals surface area contributed by atoms with Gasteiger partial charge >= 0.3 is 0 Å². The summed E-state index contributed by atoms with van der Waals surface area (Å²) in [4.78, 5) is 26.0. The number of hydrogen-bond acceptors (Lipinski definition) is 7. The Kier molecular flexibility index (Phi) is 17.5. The molecule has 1 aliphatic heterocycles. The summed E-state index contributed by atoms with van der Waals surface area (Å²) in [5.74, 6) is -0.474. The largest absolute Gasteiger partial charge is 0.390 e. The number of allylic oxidation sites excluding steroid dienone is 10. The number of ketones is 2. The molecule has 208 valence electrons. The minimum Gasteiger partial charge on any atom is -0.390 e. The van der Waals surface area contributed by atoms with Gasteiger partial charge in [0.05, 0.1) is 36.5 Å². The first-order valence-corrected chi connectivity index (χ1v) is 13.1. The van der Waals surface area contributed by atoms with Crippen LogP contribution >= 0.6 is 46.4 Å². The van der Waals surface area contributed by atoms with E-state index in [0.717, 1.165) is 65.4 Å². The molecule has 3 aliphatic rings. The molecule has 1 saturated heterocycles. The third-order valence-corrected chi connectivity index (χ3v) is 6.05. The molecule has 2 N–H and O–H groups in total. The van der Waals surface area contributed by atoms with Crippen LogP contribution in [-0.2, 0) is 35.6 Å². The van der Waals surface area contributed by atoms with Crippen LogP contribution in [-0.4, -0.2) is 76.1 Å². The third-order valence-electron chi connectivity index (χ3n) is 5.06. The standard InChI is InChI=1S/C21H23Cl4N3O2.C4H8O2.Ni/c1-28(6-2-4-26-12-14-8-16(22)10-18(24)20(14)29)7-3-5-27-13-15-9-17(23)11-19(25)21(15)30;1-2-6-4-3-5-1;/h8-13,26-27H,2-7H2,1H3;1-4H2;. The monoisotopic (exact) mass is 635 g/mol. The van der Waals surface area contributed by atoms with Crippen LogP contribution in [0.5, 0.6) is 0 Å². The van der Waals surface area contributed by atoms with Crippen molar-refractivity contribution >= 4 is 58.0 Å². The fourth-order valence-corrected chi connectivity index (χ4v) is 4.21. The summed E-state index contributed by atoms with van der Waals surface area (Å²) in [6, 6.07) is 0. The van der Waals surface area contributed by atoms with Gasteiger partial charge in [0, 0.05) is 63.2 Å². The topological polar surface area (TPSA) is 79.9 Å². The molecule has 1 heterocycles. The van der Waals surface area contributed by atoms with Crippen LogP contribution in [0.4, 0.5) is 0 Å². The second kappa shape index (κ2) is 19.0. The summed E-state index contributed by atoms with van der Waals surface area (Å²) < 4.78 is 9.89. The van der Waals surface area contributed by atoms with Crippen molar-refractivity contribution in [2.75, 3.05) is 59.7 Å². The first-order valence-electron chi connectivity index (χ1n) is 11.6. The molecule has 0 atom stereocenters. The van der Waals surface area contributed by atoms with Gasteiger partial charge in [0.15, 0.2) is 0 Å². The van der Waals surface area contributed by atoms with Crippen LogP contribution in [0, 0.1) is 0 Å². The maximum absolute atomic E-state index is 11.9. The second-order valence-corrected chi connectivity index (χ2v) is 9.73. The SMILES string of the molecule is C1COCCO1.CN(CCCNC=C1C=C(Cl)C=C(Cl)C1=O)CCCNC=C1C=C(Cl)C=C(Cl)C1=O.[Ni]. The van der Waals surface area contributed by atoms with Gasteiger partial charge in [-0.15, -0.1) is 0 Å². The Hall–Kier alpha value is -1.09. The molecule has 2 aliphatic carbocycles. The van der Waals surface area contributed by atoms with Gasteiger partial charge < -0.3 is 25.0 Å². The average molecular weight is 638 g/mol. The van der Waals surface area contributed by atoms with Crippen LogP contribution < -0.4 is 10.6 Å². The van der Waals surface area contributed by atoms with Gasteiger partial charge in [-0.25, -0.2) is 0 Å². The van der Waals surface area contributed by atoms with Crippen LogP contribution in [0.15, 0.2) is 68.0 Å². The summed E-state index contributed by atoms with van der Waals surface area (Å²) in [7, 11) is 2.05. The Morgan fingerprint density at radius 2 is 1.14 bits per heavy atom. The van der Waals surface area contributed by atoms with E-state index in [1.807, 2.05) is 7.05 Å². The van der Waals surface area contributed by atoms with Crippen molar-refractivity contribution < 1.29 is 35.6 Å². The summed E-state index contributed by atoms with van der Waals surface area (Å²) in [5.41, 5.74) is 0.899. The zero-order valence-electron chi connectivity index (χ0n) is 20.4. The van der Waals surface area contributed by atoms with Gasteiger partial charge in [0.25, 0.3) is 0 Å². The van der Waals surface area contributed by atoms with E-state index in [0.29, 0.717) is 21.2 Å². The number of carbonyl (C=O) groups excluding carboxylic acids is 2. The Morgan fingerprint density at radius 3 is 1.49 bits per heavy atom. The predicted octanol–water partition coefficient (Wildman–Crippen LogP) is 4.33. The molecule has 0 unspecified atom stereocenters. The number of nitrogens with one attached hydrogen (secondary N) is 2. The van der Waals surface area contributed by atoms with Crippen LogP contribution in [0.2, 0.25) is 0 Å². The molecule has 0 spiro atoms. The fourth-order valence-electron chi connectivity index (χ4n) is 3.19. The van der Waals surface area contributed by atoms with Crippen molar-refractivity contribution in [3.63, 3.8) is 0 Å². The van der Waals surface area contributed by atoms with E-state index in [2.05, 4.69) is 15.5 Å². The van der Waals surface area contributed by atoms with E-state index in [-0.39, 0.29) is 38.1 Å². The number of nitrogens with zero attached hydrogens (tertiary/aromatic N) is 1. The number of rotatable bonds is 10. The normalized spacial score (nSPS) is 19.8. The second-order valence-electron chi connectivity index (χ2n) is 8.04. The minimum atomic E-state index is -0.237. The molecule has 0 saturated carbocycles. The summed E-state index contributed by atoms with van der Waals surface area (Å²) in [5, 5.41) is 7.35. The average Bonchev–Trinajstić information content (AvgIpc) is 2.85. The molecular formula is C25H31Cl4N3NiO4. The molecular weight excluding hydrogens is 607 g/mol. The van der Waals surface area contributed by atoms with Crippen molar-refractivity contribution in [1.29, 1.82) is 0 Å². The smallest absolute Gasteiger partial charge is 0.205 e. The van der Waals surface area contributed by atoms with Gasteiger partial charge in [-0.2, -0.15) is 0 Å². The van der Waals surface area contributed by atoms with Crippen molar-refractivity contribution in [3.05, 3.63) is 68.0 Å². The maximum atomic E-state index is 11.9. The zero-order chi connectivity index (χ0) is 26.3. The van der Waals surface area contributed by atoms with Crippen molar-refractivity contribution in [2.24, 2.45) is 0 Å². The van der Waals surface area contributed by atoms with Gasteiger partial charge in [0.2, 0.25) is 11.6 Å². The van der Waals surface area contributed by atoms with Crippen LogP contribution in [0.1, 0.15) is 12.8 Å². The first-order chi connectivity index (χ1) is 17.3. The molecule has 3 rings (SSSR count). The van der Waals surface area contributed by atoms with E-state index in [1.165, 1.54) is 12.2 Å². The molecule has 0 radical (unpaired) electrons. The van der Waals surface area contributed by atoms with Gasteiger partial charge in [-0.05, 0) is 57.3 Å². The number of ether oxygens (including phenoxy) is 2. The number of hydrogen-bond donors (Lipinski definition) is 2. The predicted molar refractivity (Wildman–Crippen MR) is 146 cm³/mol. The van der Waals surface area contributed by atoms with E-state index in [4.69, 9.17) is 55.9 Å². The molecule has 0 aromatic rings. The molecule has 7 nitrogen and oxygen atoms in total. The Labute approximate surface area is 248 Å². The molecule has 1 fully saturated rings. The van der Waals surface area contributed by atoms with E-state index < -0.39 is 0 Å². The number of Topliss-reactive ketones (excluding diaryl/α,β-unsaturated/α-hetero) is 2. The molecule has 0 aromatic heterocycles. The van der Waals surface area contributed by atoms with Gasteiger partial charge in [-0.1, -0.05) is 46.4 Å². The molecule has 0 aromatic carbocycles. The fraction of sp³-hybridized carbons (Fsp3) is 0.440. The number of carbonyl (C=O) groups is 2. The molecule has 0 amide bonds. The summed E-state index contributed by atoms with van der Waals surface area (Å²) >= 11 is 23.5.